The van der Waals surface area contributed by atoms with Gasteiger partial charge in [-0.1, -0.05) is 20.3 Å². The monoisotopic (exact) mass is 299 g/mol. The third kappa shape index (κ3) is 3.84. The molecule has 1 fully saturated rings. The van der Waals surface area contributed by atoms with Gasteiger partial charge in [-0.15, -0.1) is 0 Å². The molecule has 0 saturated heterocycles. The van der Waals surface area contributed by atoms with Crippen molar-refractivity contribution in [3.05, 3.63) is 18.0 Å². The van der Waals surface area contributed by atoms with Gasteiger partial charge in [0.25, 0.3) is 0 Å². The molecule has 5 nitrogen and oxygen atoms in total. The van der Waals surface area contributed by atoms with Crippen LogP contribution in [0.2, 0.25) is 0 Å². The highest BCUT2D eigenvalue weighted by Gasteiger charge is 2.28. The van der Waals surface area contributed by atoms with Gasteiger partial charge in [-0.25, -0.2) is 13.1 Å². The summed E-state index contributed by atoms with van der Waals surface area (Å²) in [5.74, 6) is 0.491. The minimum absolute atomic E-state index is 0.0147. The topological polar surface area (TPSA) is 74.0 Å². The number of hydrogen-bond acceptors (Lipinski definition) is 3. The van der Waals surface area contributed by atoms with Crippen molar-refractivity contribution in [1.29, 1.82) is 0 Å². The number of sulfonamides is 1. The SMILES string of the molecule is CC(C)NCc1cc(S(=O)(=O)NC(C)C2CCC2)c[nH]1. The molecule has 0 bridgehead atoms. The van der Waals surface area contributed by atoms with E-state index >= 15 is 0 Å². The van der Waals surface area contributed by atoms with Gasteiger partial charge >= 0.3 is 0 Å². The van der Waals surface area contributed by atoms with Crippen LogP contribution in [0.1, 0.15) is 45.7 Å². The van der Waals surface area contributed by atoms with E-state index in [4.69, 9.17) is 0 Å². The molecular weight excluding hydrogens is 274 g/mol. The highest BCUT2D eigenvalue weighted by Crippen LogP contribution is 2.30. The fourth-order valence-electron chi connectivity index (χ4n) is 2.34. The molecule has 0 aliphatic heterocycles. The molecule has 3 N–H and O–H groups in total. The Hall–Kier alpha value is -0.850. The molecule has 1 aromatic heterocycles. The average molecular weight is 299 g/mol. The van der Waals surface area contributed by atoms with Crippen molar-refractivity contribution >= 4 is 10.0 Å². The Bertz CT molecular complexity index is 532. The summed E-state index contributed by atoms with van der Waals surface area (Å²) in [6.07, 6.45) is 5.03. The highest BCUT2D eigenvalue weighted by atomic mass is 32.2. The quantitative estimate of drug-likeness (QED) is 0.721. The molecule has 2 rings (SSSR count). The number of hydrogen-bond donors (Lipinski definition) is 3. The van der Waals surface area contributed by atoms with Crippen LogP contribution in [0.3, 0.4) is 0 Å². The van der Waals surface area contributed by atoms with Crippen LogP contribution in [-0.2, 0) is 16.6 Å². The molecule has 1 atom stereocenters. The van der Waals surface area contributed by atoms with Gasteiger partial charge in [0.2, 0.25) is 10.0 Å². The lowest BCUT2D eigenvalue weighted by atomic mass is 9.81. The second-order valence-corrected chi connectivity index (χ2v) is 7.71. The molecular formula is C14H25N3O2S. The van der Waals surface area contributed by atoms with E-state index in [0.29, 0.717) is 23.4 Å². The molecule has 20 heavy (non-hydrogen) atoms. The average Bonchev–Trinajstić information content (AvgIpc) is 2.71. The Labute approximate surface area is 121 Å². The molecule has 6 heteroatoms. The number of rotatable bonds is 7. The molecule has 1 unspecified atom stereocenters. The van der Waals surface area contributed by atoms with Gasteiger partial charge in [-0.2, -0.15) is 0 Å². The van der Waals surface area contributed by atoms with E-state index in [-0.39, 0.29) is 6.04 Å². The number of H-pyrrole nitrogens is 1. The lowest BCUT2D eigenvalue weighted by molar-refractivity contribution is 0.260. The van der Waals surface area contributed by atoms with E-state index in [2.05, 4.69) is 28.9 Å². The Morgan fingerprint density at radius 2 is 2.05 bits per heavy atom. The molecule has 0 amide bonds. The first-order valence-electron chi connectivity index (χ1n) is 7.31. The van der Waals surface area contributed by atoms with Gasteiger partial charge < -0.3 is 10.3 Å². The molecule has 1 saturated carbocycles. The van der Waals surface area contributed by atoms with Gasteiger partial charge in [0, 0.05) is 30.5 Å². The van der Waals surface area contributed by atoms with Gasteiger partial charge in [0.15, 0.2) is 0 Å². The number of nitrogens with one attached hydrogen (secondary N) is 3. The summed E-state index contributed by atoms with van der Waals surface area (Å²) in [5, 5.41) is 3.26. The van der Waals surface area contributed by atoms with Crippen molar-refractivity contribution in [3.8, 4) is 0 Å². The molecule has 0 aromatic carbocycles. The second kappa shape index (κ2) is 6.28. The van der Waals surface area contributed by atoms with Gasteiger partial charge in [0.05, 0.1) is 4.90 Å². The Kier molecular flexibility index (Phi) is 4.88. The van der Waals surface area contributed by atoms with E-state index in [0.717, 1.165) is 18.5 Å². The third-order valence-electron chi connectivity index (χ3n) is 3.93. The van der Waals surface area contributed by atoms with Crippen LogP contribution in [0.4, 0.5) is 0 Å². The summed E-state index contributed by atoms with van der Waals surface area (Å²) in [5.41, 5.74) is 0.885. The predicted molar refractivity (Wildman–Crippen MR) is 79.9 cm³/mol. The lowest BCUT2D eigenvalue weighted by Crippen LogP contribution is -2.40. The summed E-state index contributed by atoms with van der Waals surface area (Å²) >= 11 is 0. The second-order valence-electron chi connectivity index (χ2n) is 6.00. The molecule has 1 aliphatic rings. The first kappa shape index (κ1) is 15.5. The van der Waals surface area contributed by atoms with Crippen LogP contribution < -0.4 is 10.0 Å². The predicted octanol–water partition coefficient (Wildman–Crippen LogP) is 1.98. The maximum atomic E-state index is 12.3. The standard InChI is InChI=1S/C14H25N3O2S/c1-10(2)15-8-13-7-14(9-16-13)20(18,19)17-11(3)12-5-4-6-12/h7,9-12,15-17H,4-6,8H2,1-3H3. The third-order valence-corrected chi connectivity index (χ3v) is 5.46. The molecule has 0 spiro atoms. The Morgan fingerprint density at radius 1 is 1.35 bits per heavy atom. The maximum absolute atomic E-state index is 12.3. The minimum Gasteiger partial charge on any atom is -0.363 e. The lowest BCUT2D eigenvalue weighted by Gasteiger charge is -2.31. The van der Waals surface area contributed by atoms with Crippen molar-refractivity contribution in [2.75, 3.05) is 0 Å². The van der Waals surface area contributed by atoms with Crippen LogP contribution in [0.25, 0.3) is 0 Å². The fraction of sp³-hybridized carbons (Fsp3) is 0.714. The van der Waals surface area contributed by atoms with Crippen molar-refractivity contribution in [3.63, 3.8) is 0 Å². The van der Waals surface area contributed by atoms with E-state index in [1.807, 2.05) is 6.92 Å². The van der Waals surface area contributed by atoms with Crippen LogP contribution >= 0.6 is 0 Å². The first-order valence-corrected chi connectivity index (χ1v) is 8.80. The normalized spacial score (nSPS) is 18.2. The molecule has 1 aliphatic carbocycles. The fourth-order valence-corrected chi connectivity index (χ4v) is 3.67. The molecule has 1 aromatic rings. The number of aromatic amines is 1. The zero-order valence-corrected chi connectivity index (χ0v) is 13.3. The van der Waals surface area contributed by atoms with Crippen LogP contribution in [0, 0.1) is 5.92 Å². The summed E-state index contributed by atoms with van der Waals surface area (Å²) in [4.78, 5) is 3.34. The smallest absolute Gasteiger partial charge is 0.242 e. The van der Waals surface area contributed by atoms with Crippen molar-refractivity contribution in [2.24, 2.45) is 5.92 Å². The zero-order chi connectivity index (χ0) is 14.8. The summed E-state index contributed by atoms with van der Waals surface area (Å²) in [6.45, 7) is 6.71. The first-order chi connectivity index (χ1) is 9.38. The Morgan fingerprint density at radius 3 is 2.60 bits per heavy atom. The van der Waals surface area contributed by atoms with Gasteiger partial charge in [-0.3, -0.25) is 0 Å². The van der Waals surface area contributed by atoms with E-state index in [9.17, 15) is 8.42 Å². The summed E-state index contributed by atoms with van der Waals surface area (Å²) in [6, 6.07) is 2.08. The minimum atomic E-state index is -3.41. The van der Waals surface area contributed by atoms with Gasteiger partial charge in [0.1, 0.15) is 0 Å². The van der Waals surface area contributed by atoms with Crippen molar-refractivity contribution in [2.45, 2.75) is 63.6 Å². The van der Waals surface area contributed by atoms with E-state index < -0.39 is 10.0 Å². The van der Waals surface area contributed by atoms with Crippen LogP contribution in [0.5, 0.6) is 0 Å². The van der Waals surface area contributed by atoms with Gasteiger partial charge in [-0.05, 0) is 31.7 Å². The van der Waals surface area contributed by atoms with Crippen molar-refractivity contribution < 1.29 is 8.42 Å². The summed E-state index contributed by atoms with van der Waals surface area (Å²) in [7, 11) is -3.41. The largest absolute Gasteiger partial charge is 0.363 e. The summed E-state index contributed by atoms with van der Waals surface area (Å²) < 4.78 is 27.4. The number of aromatic nitrogens is 1. The van der Waals surface area contributed by atoms with Crippen LogP contribution in [0.15, 0.2) is 17.2 Å². The molecule has 114 valence electrons. The van der Waals surface area contributed by atoms with Crippen molar-refractivity contribution in [1.82, 2.24) is 15.0 Å². The van der Waals surface area contributed by atoms with E-state index in [1.165, 1.54) is 6.42 Å². The Balaban J connectivity index is 1.98. The van der Waals surface area contributed by atoms with Crippen LogP contribution in [-0.4, -0.2) is 25.5 Å². The maximum Gasteiger partial charge on any atom is 0.242 e. The van der Waals surface area contributed by atoms with E-state index in [1.54, 1.807) is 12.3 Å². The highest BCUT2D eigenvalue weighted by molar-refractivity contribution is 7.89. The zero-order valence-electron chi connectivity index (χ0n) is 12.4. The molecule has 1 heterocycles. The molecule has 0 radical (unpaired) electrons.